The number of nitrogens with zero attached hydrogens (tertiary/aromatic N) is 5. The second-order valence-electron chi connectivity index (χ2n) is 9.69. The van der Waals surface area contributed by atoms with Gasteiger partial charge in [0.1, 0.15) is 12.1 Å². The van der Waals surface area contributed by atoms with E-state index in [4.69, 9.17) is 21.6 Å². The Morgan fingerprint density at radius 2 is 1.53 bits per heavy atom. The summed E-state index contributed by atoms with van der Waals surface area (Å²) < 4.78 is 2.11. The minimum Gasteiger partial charge on any atom is -0.368 e. The quantitative estimate of drug-likeness (QED) is 0.244. The van der Waals surface area contributed by atoms with Gasteiger partial charge in [-0.05, 0) is 61.4 Å². The van der Waals surface area contributed by atoms with E-state index in [-0.39, 0.29) is 5.78 Å². The number of aryl methyl sites for hydroxylation is 1. The number of hydrogen-bond acceptors (Lipinski definition) is 5. The molecule has 6 nitrogen and oxygen atoms in total. The lowest BCUT2D eigenvalue weighted by atomic mass is 10.1. The number of hydrogen-bond donors (Lipinski definition) is 0. The second-order valence-corrected chi connectivity index (χ2v) is 10.1. The Labute approximate surface area is 227 Å². The highest BCUT2D eigenvalue weighted by Gasteiger charge is 2.24. The number of carbonyl (C=O) groups is 1. The van der Waals surface area contributed by atoms with Crippen molar-refractivity contribution in [2.45, 2.75) is 13.8 Å². The Hall–Kier alpha value is -4.16. The van der Waals surface area contributed by atoms with Gasteiger partial charge in [-0.2, -0.15) is 0 Å². The highest BCUT2D eigenvalue weighted by atomic mass is 35.5. The summed E-state index contributed by atoms with van der Waals surface area (Å²) >= 11 is 6.50. The number of carbonyl (C=O) groups excluding carboxylic acids is 1. The average molecular weight is 522 g/mol. The fourth-order valence-corrected chi connectivity index (χ4v) is 5.31. The van der Waals surface area contributed by atoms with Gasteiger partial charge in [-0.3, -0.25) is 4.79 Å². The molecule has 1 fully saturated rings. The Morgan fingerprint density at radius 3 is 2.21 bits per heavy atom. The number of piperazine rings is 1. The van der Waals surface area contributed by atoms with Crippen molar-refractivity contribution >= 4 is 39.9 Å². The van der Waals surface area contributed by atoms with E-state index in [9.17, 15) is 4.79 Å². The lowest BCUT2D eigenvalue weighted by Crippen LogP contribution is -2.47. The fraction of sp³-hybridized carbons (Fsp3) is 0.194. The maximum atomic E-state index is 11.7. The highest BCUT2D eigenvalue weighted by Crippen LogP contribution is 2.37. The van der Waals surface area contributed by atoms with Crippen LogP contribution in [0.25, 0.3) is 27.8 Å². The molecule has 3 heterocycles. The van der Waals surface area contributed by atoms with Crippen LogP contribution in [0, 0.1) is 6.92 Å². The van der Waals surface area contributed by atoms with E-state index in [0.717, 1.165) is 81.7 Å². The molecular formula is C31H28ClN5O. The number of rotatable bonds is 5. The van der Waals surface area contributed by atoms with E-state index < -0.39 is 0 Å². The lowest BCUT2D eigenvalue weighted by molar-refractivity contribution is 0.101. The molecule has 7 heteroatoms. The van der Waals surface area contributed by atoms with Crippen molar-refractivity contribution in [3.63, 3.8) is 0 Å². The van der Waals surface area contributed by atoms with Crippen LogP contribution in [0.3, 0.4) is 0 Å². The summed E-state index contributed by atoms with van der Waals surface area (Å²) in [7, 11) is 0. The average Bonchev–Trinajstić information content (AvgIpc) is 3.35. The molecule has 3 aromatic carbocycles. The first-order valence-electron chi connectivity index (χ1n) is 12.8. The van der Waals surface area contributed by atoms with Crippen LogP contribution < -0.4 is 9.80 Å². The number of anilines is 2. The van der Waals surface area contributed by atoms with Crippen molar-refractivity contribution < 1.29 is 4.79 Å². The maximum Gasteiger partial charge on any atom is 0.159 e. The molecule has 1 saturated heterocycles. The van der Waals surface area contributed by atoms with Crippen LogP contribution >= 0.6 is 11.6 Å². The summed E-state index contributed by atoms with van der Waals surface area (Å²) in [5.74, 6) is 1.03. The maximum absolute atomic E-state index is 11.7. The van der Waals surface area contributed by atoms with Gasteiger partial charge in [0, 0.05) is 59.9 Å². The molecule has 0 radical (unpaired) electrons. The van der Waals surface area contributed by atoms with Crippen LogP contribution in [0.15, 0.2) is 85.3 Å². The second kappa shape index (κ2) is 9.95. The van der Waals surface area contributed by atoms with Gasteiger partial charge in [-0.1, -0.05) is 48.0 Å². The number of aromatic nitrogens is 3. The van der Waals surface area contributed by atoms with Crippen LogP contribution in [0.5, 0.6) is 0 Å². The van der Waals surface area contributed by atoms with Gasteiger partial charge in [-0.25, -0.2) is 9.97 Å². The standard InChI is InChI=1S/C31H28ClN5O/c1-21-8-11-26(18-28(21)32)37-19-27(24-6-4-3-5-7-24)29-30(33-20-34-31(29)37)36-16-14-35(15-17-36)25-12-9-23(10-13-25)22(2)38/h3-13,18-20H,14-17H2,1-2H3. The van der Waals surface area contributed by atoms with Crippen molar-refractivity contribution in [1.29, 1.82) is 0 Å². The van der Waals surface area contributed by atoms with E-state index in [2.05, 4.69) is 50.9 Å². The Morgan fingerprint density at radius 1 is 0.842 bits per heavy atom. The third kappa shape index (κ3) is 4.41. The molecule has 0 N–H and O–H groups in total. The SMILES string of the molecule is CC(=O)c1ccc(N2CCN(c3ncnc4c3c(-c3ccccc3)cn4-c3ccc(C)c(Cl)c3)CC2)cc1. The Kier molecular flexibility index (Phi) is 6.34. The van der Waals surface area contributed by atoms with Crippen molar-refractivity contribution in [2.24, 2.45) is 0 Å². The minimum absolute atomic E-state index is 0.0863. The van der Waals surface area contributed by atoms with Gasteiger partial charge < -0.3 is 14.4 Å². The number of fused-ring (bicyclic) bond motifs is 1. The molecule has 1 aliphatic heterocycles. The molecule has 0 bridgehead atoms. The zero-order valence-corrected chi connectivity index (χ0v) is 22.2. The summed E-state index contributed by atoms with van der Waals surface area (Å²) in [4.78, 5) is 25.9. The van der Waals surface area contributed by atoms with E-state index in [0.29, 0.717) is 0 Å². The van der Waals surface area contributed by atoms with Gasteiger partial charge >= 0.3 is 0 Å². The third-order valence-electron chi connectivity index (χ3n) is 7.30. The molecule has 0 atom stereocenters. The van der Waals surface area contributed by atoms with Crippen LogP contribution in [0.4, 0.5) is 11.5 Å². The molecule has 0 unspecified atom stereocenters. The first kappa shape index (κ1) is 24.2. The number of ketones is 1. The summed E-state index contributed by atoms with van der Waals surface area (Å²) in [5, 5.41) is 1.77. The number of Topliss-reactive ketones (excluding diaryl/α,β-unsaturated/α-hetero) is 1. The van der Waals surface area contributed by atoms with E-state index in [1.807, 2.05) is 49.4 Å². The molecule has 190 valence electrons. The summed E-state index contributed by atoms with van der Waals surface area (Å²) in [6, 6.07) is 24.4. The first-order chi connectivity index (χ1) is 18.5. The normalized spacial score (nSPS) is 13.8. The Bertz CT molecular complexity index is 1620. The molecule has 0 saturated carbocycles. The molecule has 1 aliphatic rings. The molecule has 6 rings (SSSR count). The summed E-state index contributed by atoms with van der Waals surface area (Å²) in [5.41, 5.74) is 6.95. The van der Waals surface area contributed by atoms with Crippen LogP contribution in [0.2, 0.25) is 5.02 Å². The van der Waals surface area contributed by atoms with E-state index in [1.165, 1.54) is 0 Å². The number of halogens is 1. The summed E-state index contributed by atoms with van der Waals surface area (Å²) in [6.07, 6.45) is 3.80. The highest BCUT2D eigenvalue weighted by molar-refractivity contribution is 6.31. The number of benzene rings is 3. The summed E-state index contributed by atoms with van der Waals surface area (Å²) in [6.45, 7) is 6.99. The van der Waals surface area contributed by atoms with Crippen molar-refractivity contribution in [2.75, 3.05) is 36.0 Å². The predicted molar refractivity (Wildman–Crippen MR) is 155 cm³/mol. The van der Waals surface area contributed by atoms with Gasteiger partial charge in [-0.15, -0.1) is 0 Å². The van der Waals surface area contributed by atoms with Gasteiger partial charge in [0.15, 0.2) is 11.4 Å². The molecule has 5 aromatic rings. The van der Waals surface area contributed by atoms with Crippen LogP contribution in [0.1, 0.15) is 22.8 Å². The molecule has 0 spiro atoms. The monoisotopic (exact) mass is 521 g/mol. The first-order valence-corrected chi connectivity index (χ1v) is 13.2. The lowest BCUT2D eigenvalue weighted by Gasteiger charge is -2.37. The van der Waals surface area contributed by atoms with Crippen molar-refractivity contribution in [3.8, 4) is 16.8 Å². The smallest absolute Gasteiger partial charge is 0.159 e. The zero-order valence-electron chi connectivity index (χ0n) is 21.4. The molecule has 38 heavy (non-hydrogen) atoms. The van der Waals surface area contributed by atoms with Gasteiger partial charge in [0.05, 0.1) is 5.39 Å². The van der Waals surface area contributed by atoms with Gasteiger partial charge in [0.25, 0.3) is 0 Å². The molecular weight excluding hydrogens is 494 g/mol. The molecule has 0 amide bonds. The largest absolute Gasteiger partial charge is 0.368 e. The van der Waals surface area contributed by atoms with Crippen LogP contribution in [-0.2, 0) is 0 Å². The van der Waals surface area contributed by atoms with E-state index in [1.54, 1.807) is 13.3 Å². The molecule has 0 aliphatic carbocycles. The topological polar surface area (TPSA) is 54.3 Å². The Balaban J connectivity index is 1.38. The van der Waals surface area contributed by atoms with Crippen molar-refractivity contribution in [1.82, 2.24) is 14.5 Å². The third-order valence-corrected chi connectivity index (χ3v) is 7.71. The van der Waals surface area contributed by atoms with Crippen LogP contribution in [-0.4, -0.2) is 46.5 Å². The minimum atomic E-state index is 0.0863. The predicted octanol–water partition coefficient (Wildman–Crippen LogP) is 6.58. The molecule has 2 aromatic heterocycles. The van der Waals surface area contributed by atoms with Gasteiger partial charge in [0.2, 0.25) is 0 Å². The zero-order chi connectivity index (χ0) is 26.2. The van der Waals surface area contributed by atoms with Crippen molar-refractivity contribution in [3.05, 3.63) is 101 Å². The fourth-order valence-electron chi connectivity index (χ4n) is 5.13. The van der Waals surface area contributed by atoms with E-state index >= 15 is 0 Å².